The van der Waals surface area contributed by atoms with Crippen LogP contribution in [-0.2, 0) is 0 Å². The number of halogens is 2. The molecule has 0 aliphatic carbocycles. The van der Waals surface area contributed by atoms with Crippen molar-refractivity contribution in [3.8, 4) is 0 Å². The minimum Gasteiger partial charge on any atom is -0.341 e. The predicted molar refractivity (Wildman–Crippen MR) is 89.6 cm³/mol. The molecular formula is C14H14BrIN2O. The van der Waals surface area contributed by atoms with E-state index >= 15 is 0 Å². The summed E-state index contributed by atoms with van der Waals surface area (Å²) in [4.78, 5) is 12.3. The van der Waals surface area contributed by atoms with Crippen LogP contribution in [0.25, 0.3) is 0 Å². The van der Waals surface area contributed by atoms with E-state index in [0.717, 1.165) is 13.7 Å². The van der Waals surface area contributed by atoms with Crippen LogP contribution in [0.15, 0.2) is 41.0 Å². The van der Waals surface area contributed by atoms with Crippen molar-refractivity contribution >= 4 is 50.1 Å². The molecule has 1 N–H and O–H groups in total. The van der Waals surface area contributed by atoms with E-state index in [4.69, 9.17) is 0 Å². The van der Waals surface area contributed by atoms with Gasteiger partial charge in [-0.1, -0.05) is 0 Å². The Hall–Kier alpha value is -0.820. The van der Waals surface area contributed by atoms with Crippen LogP contribution in [0.1, 0.15) is 30.4 Å². The molecule has 0 unspecified atom stereocenters. The molecule has 3 nitrogen and oxygen atoms in total. The molecule has 0 saturated heterocycles. The minimum atomic E-state index is -0.0959. The van der Waals surface area contributed by atoms with Gasteiger partial charge in [0.25, 0.3) is 5.91 Å². The Labute approximate surface area is 134 Å². The van der Waals surface area contributed by atoms with Crippen molar-refractivity contribution in [3.05, 3.63) is 50.3 Å². The zero-order valence-electron chi connectivity index (χ0n) is 10.7. The summed E-state index contributed by atoms with van der Waals surface area (Å²) >= 11 is 5.67. The van der Waals surface area contributed by atoms with E-state index in [-0.39, 0.29) is 11.9 Å². The zero-order valence-corrected chi connectivity index (χ0v) is 14.4. The Morgan fingerprint density at radius 1 is 1.37 bits per heavy atom. The summed E-state index contributed by atoms with van der Waals surface area (Å²) in [6.07, 6.45) is 1.92. The SMILES string of the molecule is CC(C)n1cccc1C(=O)Nc1cc(I)ccc1Br. The first kappa shape index (κ1) is 14.6. The summed E-state index contributed by atoms with van der Waals surface area (Å²) in [7, 11) is 0. The van der Waals surface area contributed by atoms with Crippen LogP contribution in [0, 0.1) is 3.57 Å². The van der Waals surface area contributed by atoms with Crippen LogP contribution in [-0.4, -0.2) is 10.5 Å². The first-order valence-corrected chi connectivity index (χ1v) is 7.79. The fraction of sp³-hybridized carbons (Fsp3) is 0.214. The van der Waals surface area contributed by atoms with Gasteiger partial charge in [-0.3, -0.25) is 4.79 Å². The number of aromatic nitrogens is 1. The molecular weight excluding hydrogens is 419 g/mol. The van der Waals surface area contributed by atoms with E-state index < -0.39 is 0 Å². The molecule has 0 spiro atoms. The van der Waals surface area contributed by atoms with Crippen LogP contribution in [0.4, 0.5) is 5.69 Å². The van der Waals surface area contributed by atoms with E-state index in [1.165, 1.54) is 0 Å². The molecule has 0 aliphatic rings. The number of hydrogen-bond donors (Lipinski definition) is 1. The van der Waals surface area contributed by atoms with Gasteiger partial charge in [-0.15, -0.1) is 0 Å². The molecule has 100 valence electrons. The summed E-state index contributed by atoms with van der Waals surface area (Å²) in [6.45, 7) is 4.11. The van der Waals surface area contributed by atoms with Crippen LogP contribution in [0.2, 0.25) is 0 Å². The Kier molecular flexibility index (Phi) is 4.67. The largest absolute Gasteiger partial charge is 0.341 e. The molecule has 1 aromatic carbocycles. The second kappa shape index (κ2) is 6.09. The second-order valence-corrected chi connectivity index (χ2v) is 6.57. The lowest BCUT2D eigenvalue weighted by Gasteiger charge is -2.13. The molecule has 0 radical (unpaired) electrons. The maximum Gasteiger partial charge on any atom is 0.272 e. The number of carbonyl (C=O) groups is 1. The van der Waals surface area contributed by atoms with Gasteiger partial charge in [0.15, 0.2) is 0 Å². The number of carbonyl (C=O) groups excluding carboxylic acids is 1. The lowest BCUT2D eigenvalue weighted by Crippen LogP contribution is -2.18. The van der Waals surface area contributed by atoms with Gasteiger partial charge in [-0.05, 0) is 82.7 Å². The van der Waals surface area contributed by atoms with E-state index in [1.807, 2.05) is 41.1 Å². The summed E-state index contributed by atoms with van der Waals surface area (Å²) < 4.78 is 3.91. The fourth-order valence-corrected chi connectivity index (χ4v) is 2.65. The molecule has 2 rings (SSSR count). The van der Waals surface area contributed by atoms with Crippen LogP contribution in [0.5, 0.6) is 0 Å². The van der Waals surface area contributed by atoms with E-state index in [9.17, 15) is 4.79 Å². The molecule has 1 heterocycles. The average molecular weight is 433 g/mol. The summed E-state index contributed by atoms with van der Waals surface area (Å²) in [5.74, 6) is -0.0959. The number of hydrogen-bond acceptors (Lipinski definition) is 1. The smallest absolute Gasteiger partial charge is 0.272 e. The number of amides is 1. The monoisotopic (exact) mass is 432 g/mol. The number of rotatable bonds is 3. The molecule has 0 saturated carbocycles. The molecule has 5 heteroatoms. The zero-order chi connectivity index (χ0) is 14.0. The van der Waals surface area contributed by atoms with Gasteiger partial charge in [0.1, 0.15) is 5.69 Å². The van der Waals surface area contributed by atoms with Crippen molar-refractivity contribution in [3.63, 3.8) is 0 Å². The van der Waals surface area contributed by atoms with Gasteiger partial charge in [0.2, 0.25) is 0 Å². The fourth-order valence-electron chi connectivity index (χ4n) is 1.82. The van der Waals surface area contributed by atoms with Crippen molar-refractivity contribution < 1.29 is 4.79 Å². The highest BCUT2D eigenvalue weighted by atomic mass is 127. The Morgan fingerprint density at radius 3 is 2.79 bits per heavy atom. The molecule has 1 amide bonds. The first-order valence-electron chi connectivity index (χ1n) is 5.92. The summed E-state index contributed by atoms with van der Waals surface area (Å²) in [6, 6.07) is 9.83. The molecule has 0 aliphatic heterocycles. The Balaban J connectivity index is 2.26. The highest BCUT2D eigenvalue weighted by Crippen LogP contribution is 2.25. The second-order valence-electron chi connectivity index (χ2n) is 4.47. The number of benzene rings is 1. The van der Waals surface area contributed by atoms with Gasteiger partial charge in [0.05, 0.1) is 5.69 Å². The normalized spacial score (nSPS) is 10.8. The molecule has 0 atom stereocenters. The van der Waals surface area contributed by atoms with Gasteiger partial charge >= 0.3 is 0 Å². The predicted octanol–water partition coefficient (Wildman–Crippen LogP) is 4.69. The molecule has 0 bridgehead atoms. The van der Waals surface area contributed by atoms with Gasteiger partial charge in [0, 0.05) is 20.3 Å². The third-order valence-corrected chi connectivity index (χ3v) is 4.11. The number of anilines is 1. The van der Waals surface area contributed by atoms with E-state index in [2.05, 4.69) is 57.7 Å². The molecule has 0 fully saturated rings. The topological polar surface area (TPSA) is 34.0 Å². The number of nitrogens with one attached hydrogen (secondary N) is 1. The lowest BCUT2D eigenvalue weighted by molar-refractivity contribution is 0.101. The summed E-state index contributed by atoms with van der Waals surface area (Å²) in [5.41, 5.74) is 1.45. The first-order chi connectivity index (χ1) is 8.99. The van der Waals surface area contributed by atoms with E-state index in [0.29, 0.717) is 5.69 Å². The average Bonchev–Trinajstić information content (AvgIpc) is 2.83. The van der Waals surface area contributed by atoms with Crippen LogP contribution < -0.4 is 5.32 Å². The third-order valence-electron chi connectivity index (χ3n) is 2.74. The highest BCUT2D eigenvalue weighted by molar-refractivity contribution is 14.1. The highest BCUT2D eigenvalue weighted by Gasteiger charge is 2.14. The maximum atomic E-state index is 12.3. The Bertz CT molecular complexity index is 607. The molecule has 1 aromatic heterocycles. The van der Waals surface area contributed by atoms with Crippen LogP contribution >= 0.6 is 38.5 Å². The van der Waals surface area contributed by atoms with E-state index in [1.54, 1.807) is 0 Å². The van der Waals surface area contributed by atoms with Gasteiger partial charge in [-0.2, -0.15) is 0 Å². The van der Waals surface area contributed by atoms with Crippen molar-refractivity contribution in [2.75, 3.05) is 5.32 Å². The number of nitrogens with zero attached hydrogens (tertiary/aromatic N) is 1. The lowest BCUT2D eigenvalue weighted by atomic mass is 10.3. The van der Waals surface area contributed by atoms with Crippen molar-refractivity contribution in [2.24, 2.45) is 0 Å². The van der Waals surface area contributed by atoms with Crippen molar-refractivity contribution in [1.29, 1.82) is 0 Å². The maximum absolute atomic E-state index is 12.3. The summed E-state index contributed by atoms with van der Waals surface area (Å²) in [5, 5.41) is 2.94. The standard InChI is InChI=1S/C14H14BrIN2O/c1-9(2)18-7-3-4-13(18)14(19)17-12-8-10(16)5-6-11(12)15/h3-9H,1-2H3,(H,17,19). The quantitative estimate of drug-likeness (QED) is 0.701. The minimum absolute atomic E-state index is 0.0959. The van der Waals surface area contributed by atoms with Crippen molar-refractivity contribution in [2.45, 2.75) is 19.9 Å². The van der Waals surface area contributed by atoms with Crippen LogP contribution in [0.3, 0.4) is 0 Å². The Morgan fingerprint density at radius 2 is 2.11 bits per heavy atom. The molecule has 2 aromatic rings. The van der Waals surface area contributed by atoms with Gasteiger partial charge in [-0.25, -0.2) is 0 Å². The van der Waals surface area contributed by atoms with Gasteiger partial charge < -0.3 is 9.88 Å². The third kappa shape index (κ3) is 3.39. The molecule has 19 heavy (non-hydrogen) atoms. The van der Waals surface area contributed by atoms with Crippen molar-refractivity contribution in [1.82, 2.24) is 4.57 Å².